The van der Waals surface area contributed by atoms with Crippen LogP contribution in [-0.2, 0) is 19.0 Å². The third-order valence-corrected chi connectivity index (χ3v) is 5.20. The zero-order chi connectivity index (χ0) is 25.7. The molecule has 190 valence electrons. The van der Waals surface area contributed by atoms with Crippen molar-refractivity contribution in [3.8, 4) is 0 Å². The van der Waals surface area contributed by atoms with Crippen LogP contribution in [0.25, 0.3) is 0 Å². The Balaban J connectivity index is 0. The van der Waals surface area contributed by atoms with Gasteiger partial charge in [-0.2, -0.15) is 13.2 Å². The van der Waals surface area contributed by atoms with Gasteiger partial charge in [0.15, 0.2) is 0 Å². The van der Waals surface area contributed by atoms with Crippen molar-refractivity contribution in [2.24, 2.45) is 5.92 Å². The summed E-state index contributed by atoms with van der Waals surface area (Å²) in [6, 6.07) is 9.25. The third kappa shape index (κ3) is 18.3. The van der Waals surface area contributed by atoms with Gasteiger partial charge in [0.25, 0.3) is 0 Å². The van der Waals surface area contributed by atoms with E-state index in [0.717, 1.165) is 36.5 Å². The highest BCUT2D eigenvalue weighted by Crippen LogP contribution is 2.28. The molecule has 1 unspecified atom stereocenters. The highest BCUT2D eigenvalue weighted by Gasteiger charge is 2.29. The summed E-state index contributed by atoms with van der Waals surface area (Å²) in [6.45, 7) is 17.3. The molecular weight excluding hydrogens is 419 g/mol. The molecule has 0 N–H and O–H groups in total. The molecule has 4 heteroatoms. The van der Waals surface area contributed by atoms with Crippen LogP contribution in [0.1, 0.15) is 109 Å². The minimum Gasteiger partial charge on any atom is -0.261 e. The number of benzene rings is 1. The lowest BCUT2D eigenvalue weighted by molar-refractivity contribution is -0.137. The Morgan fingerprint density at radius 1 is 0.818 bits per heavy atom. The van der Waals surface area contributed by atoms with Crippen molar-refractivity contribution in [1.82, 2.24) is 4.98 Å². The predicted molar refractivity (Wildman–Crippen MR) is 139 cm³/mol. The number of alkyl halides is 3. The van der Waals surface area contributed by atoms with Crippen LogP contribution in [0.4, 0.5) is 13.2 Å². The van der Waals surface area contributed by atoms with E-state index in [2.05, 4.69) is 59.5 Å². The number of unbranched alkanes of at least 4 members (excludes halogenated alkanes) is 1. The van der Waals surface area contributed by atoms with E-state index in [1.54, 1.807) is 6.92 Å². The van der Waals surface area contributed by atoms with Crippen LogP contribution >= 0.6 is 0 Å². The van der Waals surface area contributed by atoms with E-state index in [-0.39, 0.29) is 0 Å². The fourth-order valence-electron chi connectivity index (χ4n) is 2.73. The molecule has 1 aromatic heterocycles. The molecule has 0 saturated heterocycles. The first kappa shape index (κ1) is 33.3. The summed E-state index contributed by atoms with van der Waals surface area (Å²) in [5.41, 5.74) is 2.91. The van der Waals surface area contributed by atoms with E-state index in [9.17, 15) is 13.2 Å². The molecule has 0 fully saturated rings. The van der Waals surface area contributed by atoms with Crippen LogP contribution in [0, 0.1) is 12.8 Å². The molecular formula is C29H48F3N. The smallest absolute Gasteiger partial charge is 0.261 e. The summed E-state index contributed by atoms with van der Waals surface area (Å²) in [4.78, 5) is 4.32. The van der Waals surface area contributed by atoms with Gasteiger partial charge in [0.1, 0.15) is 0 Å². The lowest BCUT2D eigenvalue weighted by Gasteiger charge is -2.05. The minimum atomic E-state index is -4.21. The van der Waals surface area contributed by atoms with E-state index in [1.165, 1.54) is 61.9 Å². The largest absolute Gasteiger partial charge is 0.416 e. The van der Waals surface area contributed by atoms with Crippen molar-refractivity contribution in [2.45, 2.75) is 113 Å². The molecule has 2 aromatic rings. The molecule has 1 atom stereocenters. The lowest BCUT2D eigenvalue weighted by atomic mass is 10.0. The molecule has 0 aliphatic carbocycles. The van der Waals surface area contributed by atoms with Crippen molar-refractivity contribution in [2.75, 3.05) is 0 Å². The molecule has 1 nitrogen and oxygen atoms in total. The second kappa shape index (κ2) is 20.7. The summed E-state index contributed by atoms with van der Waals surface area (Å²) >= 11 is 0. The fraction of sp³-hybridized carbons (Fsp3) is 0.621. The number of halogens is 3. The van der Waals surface area contributed by atoms with E-state index >= 15 is 0 Å². The highest BCUT2D eigenvalue weighted by molar-refractivity contribution is 5.23. The zero-order valence-electron chi connectivity index (χ0n) is 22.4. The quantitative estimate of drug-likeness (QED) is 0.394. The van der Waals surface area contributed by atoms with Gasteiger partial charge < -0.3 is 0 Å². The number of rotatable bonds is 7. The average molecular weight is 468 g/mol. The first-order chi connectivity index (χ1) is 15.6. The van der Waals surface area contributed by atoms with Crippen molar-refractivity contribution in [3.63, 3.8) is 0 Å². The molecule has 0 bridgehead atoms. The summed E-state index contributed by atoms with van der Waals surface area (Å²) in [6.07, 6.45) is 7.80. The monoisotopic (exact) mass is 467 g/mol. The maximum atomic E-state index is 11.9. The normalized spacial score (nSPS) is 11.1. The minimum absolute atomic E-state index is 0.594. The van der Waals surface area contributed by atoms with E-state index in [0.29, 0.717) is 0 Å². The zero-order valence-corrected chi connectivity index (χ0v) is 22.4. The SMILES string of the molecule is CCCC.CCCC(C)CC.CCCc1cccnc1CC.Cc1ccc(C(F)(F)F)cc1. The van der Waals surface area contributed by atoms with Gasteiger partial charge in [0.05, 0.1) is 5.56 Å². The van der Waals surface area contributed by atoms with Crippen LogP contribution in [0.15, 0.2) is 42.6 Å². The topological polar surface area (TPSA) is 12.9 Å². The summed E-state index contributed by atoms with van der Waals surface area (Å²) < 4.78 is 35.8. The van der Waals surface area contributed by atoms with Crippen LogP contribution in [0.3, 0.4) is 0 Å². The molecule has 2 rings (SSSR count). The number of pyridine rings is 1. The molecule has 1 heterocycles. The Morgan fingerprint density at radius 3 is 1.76 bits per heavy atom. The summed E-state index contributed by atoms with van der Waals surface area (Å²) in [5, 5.41) is 0. The van der Waals surface area contributed by atoms with Crippen molar-refractivity contribution in [3.05, 3.63) is 65.0 Å². The average Bonchev–Trinajstić information content (AvgIpc) is 2.80. The van der Waals surface area contributed by atoms with E-state index in [4.69, 9.17) is 0 Å². The third-order valence-electron chi connectivity index (χ3n) is 5.20. The molecule has 0 radical (unpaired) electrons. The second-order valence-corrected chi connectivity index (χ2v) is 8.38. The van der Waals surface area contributed by atoms with Gasteiger partial charge in [-0.1, -0.05) is 111 Å². The van der Waals surface area contributed by atoms with Gasteiger partial charge in [-0.15, -0.1) is 0 Å². The number of nitrogens with zero attached hydrogens (tertiary/aromatic N) is 1. The van der Waals surface area contributed by atoms with Crippen LogP contribution < -0.4 is 0 Å². The molecule has 0 saturated carbocycles. The molecule has 0 spiro atoms. The van der Waals surface area contributed by atoms with Crippen LogP contribution in [0.5, 0.6) is 0 Å². The standard InChI is InChI=1S/C10H15N.C8H7F3.C7H16.C4H10/c1-3-6-9-7-5-8-11-10(9)4-2;1-6-2-4-7(5-3-6)8(9,10)11;1-4-6-7(3)5-2;1-3-4-2/h5,7-8H,3-4,6H2,1-2H3;2-5H,1H3;7H,4-6H2,1-3H3;3-4H2,1-2H3. The lowest BCUT2D eigenvalue weighted by Crippen LogP contribution is -2.03. The van der Waals surface area contributed by atoms with E-state index in [1.807, 2.05) is 12.3 Å². The number of hydrogen-bond acceptors (Lipinski definition) is 1. The first-order valence-corrected chi connectivity index (χ1v) is 12.7. The van der Waals surface area contributed by atoms with Crippen molar-refractivity contribution in [1.29, 1.82) is 0 Å². The van der Waals surface area contributed by atoms with Gasteiger partial charge in [0.2, 0.25) is 0 Å². The number of aromatic nitrogens is 1. The maximum absolute atomic E-state index is 11.9. The Kier molecular flexibility index (Phi) is 21.0. The Bertz CT molecular complexity index is 676. The molecule has 0 aliphatic heterocycles. The molecule has 0 aliphatic rings. The van der Waals surface area contributed by atoms with Gasteiger partial charge >= 0.3 is 6.18 Å². The van der Waals surface area contributed by atoms with Crippen molar-refractivity contribution < 1.29 is 13.2 Å². The van der Waals surface area contributed by atoms with Gasteiger partial charge in [-0.25, -0.2) is 0 Å². The Hall–Kier alpha value is -1.84. The predicted octanol–water partition coefficient (Wildman–Crippen LogP) is 10.2. The fourth-order valence-corrected chi connectivity index (χ4v) is 2.73. The number of aryl methyl sites for hydroxylation is 3. The van der Waals surface area contributed by atoms with Crippen LogP contribution in [0.2, 0.25) is 0 Å². The molecule has 0 amide bonds. The van der Waals surface area contributed by atoms with Gasteiger partial charge in [-0.05, 0) is 49.4 Å². The second-order valence-electron chi connectivity index (χ2n) is 8.38. The Labute approximate surface area is 202 Å². The summed E-state index contributed by atoms with van der Waals surface area (Å²) in [5.74, 6) is 0.949. The Morgan fingerprint density at radius 2 is 1.39 bits per heavy atom. The highest BCUT2D eigenvalue weighted by atomic mass is 19.4. The van der Waals surface area contributed by atoms with Crippen LogP contribution in [-0.4, -0.2) is 4.98 Å². The van der Waals surface area contributed by atoms with Gasteiger partial charge in [-0.3, -0.25) is 4.98 Å². The van der Waals surface area contributed by atoms with E-state index < -0.39 is 11.7 Å². The van der Waals surface area contributed by atoms with Gasteiger partial charge in [0, 0.05) is 11.9 Å². The van der Waals surface area contributed by atoms with Crippen molar-refractivity contribution >= 4 is 0 Å². The molecule has 33 heavy (non-hydrogen) atoms. The maximum Gasteiger partial charge on any atom is 0.416 e. The first-order valence-electron chi connectivity index (χ1n) is 12.7. The number of hydrogen-bond donors (Lipinski definition) is 0. The summed E-state index contributed by atoms with van der Waals surface area (Å²) in [7, 11) is 0. The molecule has 1 aromatic carbocycles.